The third kappa shape index (κ3) is 6.20. The van der Waals surface area contributed by atoms with Gasteiger partial charge in [0.1, 0.15) is 0 Å². The molecule has 6 heteroatoms. The average molecular weight is 465 g/mol. The lowest BCUT2D eigenvalue weighted by Crippen LogP contribution is -2.32. The first kappa shape index (κ1) is 24.9. The van der Waals surface area contributed by atoms with Gasteiger partial charge in [-0.15, -0.1) is 0 Å². The van der Waals surface area contributed by atoms with Gasteiger partial charge in [-0.3, -0.25) is 9.36 Å². The summed E-state index contributed by atoms with van der Waals surface area (Å²) in [6, 6.07) is 24.6. The molecule has 0 aliphatic rings. The lowest BCUT2D eigenvalue weighted by atomic mass is 9.92. The van der Waals surface area contributed by atoms with Gasteiger partial charge in [0.25, 0.3) is 8.18 Å². The number of anilines is 1. The quantitative estimate of drug-likeness (QED) is 0.362. The first-order valence-electron chi connectivity index (χ1n) is 11.3. The predicted octanol–water partition coefficient (Wildman–Crippen LogP) is 6.35. The third-order valence-corrected chi connectivity index (χ3v) is 6.65. The molecule has 1 amide bonds. The highest BCUT2D eigenvalue weighted by atomic mass is 31.1. The second-order valence-corrected chi connectivity index (χ2v) is 9.94. The fourth-order valence-electron chi connectivity index (χ4n) is 4.12. The predicted molar refractivity (Wildman–Crippen MR) is 136 cm³/mol. The van der Waals surface area contributed by atoms with E-state index in [-0.39, 0.29) is 24.3 Å². The normalized spacial score (nSPS) is 12.5. The molecule has 3 rings (SSSR count). The van der Waals surface area contributed by atoms with Crippen molar-refractivity contribution in [2.45, 2.75) is 45.6 Å². The Morgan fingerprint density at radius 2 is 1.27 bits per heavy atom. The van der Waals surface area contributed by atoms with Gasteiger partial charge >= 0.3 is 0 Å². The van der Waals surface area contributed by atoms with Crippen molar-refractivity contribution in [2.24, 2.45) is 0 Å². The SMILES string of the molecule is CC(C)c1cccc(C(C)C)c1NC(=O)CN(C(c1ccccc1)c1ccccc1)[PH](=O)O. The van der Waals surface area contributed by atoms with Crippen LogP contribution in [0.25, 0.3) is 0 Å². The molecule has 0 aliphatic heterocycles. The van der Waals surface area contributed by atoms with E-state index in [1.807, 2.05) is 78.9 Å². The Hall–Kier alpha value is -2.72. The van der Waals surface area contributed by atoms with Gasteiger partial charge in [0.05, 0.1) is 12.6 Å². The molecule has 0 saturated carbocycles. The zero-order valence-corrected chi connectivity index (χ0v) is 20.7. The van der Waals surface area contributed by atoms with Gasteiger partial charge in [0.15, 0.2) is 0 Å². The molecular weight excluding hydrogens is 431 g/mol. The summed E-state index contributed by atoms with van der Waals surface area (Å²) in [5.74, 6) is 0.149. The van der Waals surface area contributed by atoms with Crippen molar-refractivity contribution in [3.05, 3.63) is 101 Å². The Bertz CT molecular complexity index is 1020. The number of amides is 1. The van der Waals surface area contributed by atoms with Gasteiger partial charge in [0, 0.05) is 5.69 Å². The van der Waals surface area contributed by atoms with Crippen LogP contribution in [-0.4, -0.2) is 22.0 Å². The van der Waals surface area contributed by atoms with Crippen LogP contribution in [0.2, 0.25) is 0 Å². The van der Waals surface area contributed by atoms with Crippen molar-refractivity contribution in [3.63, 3.8) is 0 Å². The molecule has 0 bridgehead atoms. The Balaban J connectivity index is 1.96. The van der Waals surface area contributed by atoms with Crippen molar-refractivity contribution in [1.82, 2.24) is 4.67 Å². The Kier molecular flexibility index (Phi) is 8.62. The maximum absolute atomic E-state index is 13.3. The lowest BCUT2D eigenvalue weighted by molar-refractivity contribution is -0.116. The smallest absolute Gasteiger partial charge is 0.259 e. The van der Waals surface area contributed by atoms with Gasteiger partial charge in [0.2, 0.25) is 5.91 Å². The van der Waals surface area contributed by atoms with E-state index in [0.717, 1.165) is 27.9 Å². The van der Waals surface area contributed by atoms with E-state index in [4.69, 9.17) is 0 Å². The number of nitrogens with one attached hydrogen (secondary N) is 1. The van der Waals surface area contributed by atoms with Gasteiger partial charge in [-0.05, 0) is 34.1 Å². The summed E-state index contributed by atoms with van der Waals surface area (Å²) < 4.78 is 13.9. The maximum atomic E-state index is 13.3. The van der Waals surface area contributed by atoms with Crippen LogP contribution < -0.4 is 5.32 Å². The first-order chi connectivity index (χ1) is 15.8. The molecule has 1 atom stereocenters. The van der Waals surface area contributed by atoms with Gasteiger partial charge in [-0.25, -0.2) is 4.67 Å². The summed E-state index contributed by atoms with van der Waals surface area (Å²) in [5, 5.41) is 3.07. The second kappa shape index (κ2) is 11.4. The zero-order chi connectivity index (χ0) is 24.0. The van der Waals surface area contributed by atoms with E-state index >= 15 is 0 Å². The van der Waals surface area contributed by atoms with Gasteiger partial charge < -0.3 is 10.2 Å². The minimum absolute atomic E-state index is 0.202. The molecule has 0 aromatic heterocycles. The minimum Gasteiger partial charge on any atom is -0.335 e. The Labute approximate surface area is 197 Å². The standard InChI is InChI=1S/C27H33N2O3P/c1-19(2)23-16-11-17-24(20(3)4)26(23)28-25(30)18-29(33(31)32)27(21-12-7-5-8-13-21)22-14-9-6-10-15-22/h5-17,19-20,27,33H,18H2,1-4H3,(H,28,30)(H,31,32). The van der Waals surface area contributed by atoms with Crippen LogP contribution in [0.4, 0.5) is 5.69 Å². The van der Waals surface area contributed by atoms with Crippen LogP contribution in [-0.2, 0) is 9.36 Å². The fourth-order valence-corrected chi connectivity index (χ4v) is 4.92. The summed E-state index contributed by atoms with van der Waals surface area (Å²) in [7, 11) is -3.18. The topological polar surface area (TPSA) is 69.6 Å². The molecule has 0 aliphatic carbocycles. The van der Waals surface area contributed by atoms with Crippen LogP contribution >= 0.6 is 8.18 Å². The molecule has 0 spiro atoms. The van der Waals surface area contributed by atoms with Crippen LogP contribution in [0.1, 0.15) is 67.8 Å². The highest BCUT2D eigenvalue weighted by molar-refractivity contribution is 7.35. The summed E-state index contributed by atoms with van der Waals surface area (Å²) >= 11 is 0. The molecule has 174 valence electrons. The van der Waals surface area contributed by atoms with E-state index in [2.05, 4.69) is 33.0 Å². The maximum Gasteiger partial charge on any atom is 0.259 e. The van der Waals surface area contributed by atoms with E-state index in [9.17, 15) is 14.3 Å². The zero-order valence-electron chi connectivity index (χ0n) is 19.7. The van der Waals surface area contributed by atoms with Gasteiger partial charge in [-0.2, -0.15) is 0 Å². The van der Waals surface area contributed by atoms with Crippen molar-refractivity contribution >= 4 is 19.8 Å². The molecule has 1 unspecified atom stereocenters. The van der Waals surface area contributed by atoms with Crippen molar-refractivity contribution in [1.29, 1.82) is 0 Å². The number of carbonyl (C=O) groups excluding carboxylic acids is 1. The number of nitrogens with zero attached hydrogens (tertiary/aromatic N) is 1. The Morgan fingerprint density at radius 3 is 1.67 bits per heavy atom. The second-order valence-electron chi connectivity index (χ2n) is 8.80. The molecule has 5 nitrogen and oxygen atoms in total. The average Bonchev–Trinajstić information content (AvgIpc) is 2.79. The third-order valence-electron chi connectivity index (χ3n) is 5.74. The highest BCUT2D eigenvalue weighted by Crippen LogP contribution is 2.38. The first-order valence-corrected chi connectivity index (χ1v) is 12.6. The number of para-hydroxylation sites is 1. The van der Waals surface area contributed by atoms with E-state index in [1.54, 1.807) is 0 Å². The highest BCUT2D eigenvalue weighted by Gasteiger charge is 2.28. The molecule has 0 radical (unpaired) electrons. The number of rotatable bonds is 9. The summed E-state index contributed by atoms with van der Waals surface area (Å²) in [4.78, 5) is 23.6. The summed E-state index contributed by atoms with van der Waals surface area (Å²) in [5.41, 5.74) is 4.63. The summed E-state index contributed by atoms with van der Waals surface area (Å²) in [6.07, 6.45) is 0. The number of carbonyl (C=O) groups is 1. The number of hydrogen-bond acceptors (Lipinski definition) is 2. The van der Waals surface area contributed by atoms with Gasteiger partial charge in [-0.1, -0.05) is 107 Å². The largest absolute Gasteiger partial charge is 0.335 e. The summed E-state index contributed by atoms with van der Waals surface area (Å²) in [6.45, 7) is 8.17. The van der Waals surface area contributed by atoms with Crippen molar-refractivity contribution in [2.75, 3.05) is 11.9 Å². The van der Waals surface area contributed by atoms with Crippen LogP contribution in [0.15, 0.2) is 78.9 Å². The molecule has 33 heavy (non-hydrogen) atoms. The van der Waals surface area contributed by atoms with Crippen molar-refractivity contribution < 1.29 is 14.3 Å². The van der Waals surface area contributed by atoms with E-state index in [1.165, 1.54) is 4.67 Å². The van der Waals surface area contributed by atoms with Crippen LogP contribution in [0, 0.1) is 0 Å². The molecule has 0 heterocycles. The molecule has 3 aromatic carbocycles. The minimum atomic E-state index is -3.18. The van der Waals surface area contributed by atoms with E-state index in [0.29, 0.717) is 0 Å². The number of hydrogen-bond donors (Lipinski definition) is 2. The molecule has 2 N–H and O–H groups in total. The fraction of sp³-hybridized carbons (Fsp3) is 0.296. The monoisotopic (exact) mass is 464 g/mol. The van der Waals surface area contributed by atoms with Crippen LogP contribution in [0.3, 0.4) is 0 Å². The van der Waals surface area contributed by atoms with E-state index < -0.39 is 14.2 Å². The number of benzene rings is 3. The lowest BCUT2D eigenvalue weighted by Gasteiger charge is -2.30. The molecule has 3 aromatic rings. The Morgan fingerprint density at radius 1 is 0.818 bits per heavy atom. The van der Waals surface area contributed by atoms with Crippen molar-refractivity contribution in [3.8, 4) is 0 Å². The molecule has 0 saturated heterocycles. The molecule has 0 fully saturated rings. The molecular formula is C27H33N2O3P. The van der Waals surface area contributed by atoms with Crippen LogP contribution in [0.5, 0.6) is 0 Å².